The molecule has 0 saturated heterocycles. The Bertz CT molecular complexity index is 575. The molecule has 1 N–H and O–H groups in total. The zero-order valence-electron chi connectivity index (χ0n) is 12.1. The Kier molecular flexibility index (Phi) is 4.06. The summed E-state index contributed by atoms with van der Waals surface area (Å²) in [7, 11) is 0. The minimum Gasteiger partial charge on any atom is -0.346 e. The molecule has 0 amide bonds. The van der Waals surface area contributed by atoms with Gasteiger partial charge in [0.1, 0.15) is 5.82 Å². The number of benzene rings is 1. The number of hydrogen-bond acceptors (Lipinski definition) is 1. The van der Waals surface area contributed by atoms with Crippen molar-refractivity contribution in [2.75, 3.05) is 6.54 Å². The number of aromatic nitrogens is 1. The lowest BCUT2D eigenvalue weighted by Gasteiger charge is -2.27. The fourth-order valence-corrected chi connectivity index (χ4v) is 3.36. The Morgan fingerprint density at radius 1 is 1.30 bits per heavy atom. The summed E-state index contributed by atoms with van der Waals surface area (Å²) >= 11 is 0. The van der Waals surface area contributed by atoms with Crippen LogP contribution in [0.5, 0.6) is 0 Å². The Balaban J connectivity index is 1.58. The van der Waals surface area contributed by atoms with E-state index in [4.69, 9.17) is 0 Å². The summed E-state index contributed by atoms with van der Waals surface area (Å²) in [6.45, 7) is 4.20. The third-order valence-corrected chi connectivity index (χ3v) is 4.46. The molecule has 0 radical (unpaired) electrons. The number of rotatable bonds is 4. The topological polar surface area (TPSA) is 17.0 Å². The predicted molar refractivity (Wildman–Crippen MR) is 81.3 cm³/mol. The Morgan fingerprint density at radius 3 is 3.05 bits per heavy atom. The van der Waals surface area contributed by atoms with E-state index >= 15 is 0 Å². The van der Waals surface area contributed by atoms with E-state index in [-0.39, 0.29) is 5.82 Å². The van der Waals surface area contributed by atoms with Crippen molar-refractivity contribution in [3.63, 3.8) is 0 Å². The van der Waals surface area contributed by atoms with E-state index in [1.165, 1.54) is 31.7 Å². The smallest absolute Gasteiger partial charge is 0.125 e. The Labute approximate surface area is 120 Å². The summed E-state index contributed by atoms with van der Waals surface area (Å²) in [5.41, 5.74) is 0.990. The molecule has 108 valence electrons. The lowest BCUT2D eigenvalue weighted by Crippen LogP contribution is -2.35. The Hall–Kier alpha value is -1.35. The second-order valence-electron chi connectivity index (χ2n) is 6.14. The van der Waals surface area contributed by atoms with Gasteiger partial charge < -0.3 is 9.88 Å². The van der Waals surface area contributed by atoms with E-state index in [1.807, 2.05) is 6.07 Å². The lowest BCUT2D eigenvalue weighted by molar-refractivity contribution is 0.299. The van der Waals surface area contributed by atoms with E-state index in [0.717, 1.165) is 29.9 Å². The van der Waals surface area contributed by atoms with Gasteiger partial charge in [-0.3, -0.25) is 0 Å². The minimum atomic E-state index is -0.161. The minimum absolute atomic E-state index is 0.161. The van der Waals surface area contributed by atoms with Gasteiger partial charge in [0.2, 0.25) is 0 Å². The predicted octanol–water partition coefficient (Wildman–Crippen LogP) is 3.95. The molecule has 2 atom stereocenters. The first-order valence-electron chi connectivity index (χ1n) is 7.70. The SMILES string of the molecule is CC1CCCC(NCCn2ccc3ccc(F)cc32)C1. The normalized spacial score (nSPS) is 23.3. The number of nitrogens with zero attached hydrogens (tertiary/aromatic N) is 1. The average molecular weight is 274 g/mol. The van der Waals surface area contributed by atoms with Crippen LogP contribution in [0.25, 0.3) is 10.9 Å². The second kappa shape index (κ2) is 5.96. The van der Waals surface area contributed by atoms with Crippen molar-refractivity contribution in [2.45, 2.75) is 45.2 Å². The van der Waals surface area contributed by atoms with Crippen molar-refractivity contribution in [3.05, 3.63) is 36.3 Å². The number of fused-ring (bicyclic) bond motifs is 1. The molecular weight excluding hydrogens is 251 g/mol. The third kappa shape index (κ3) is 3.04. The molecule has 1 heterocycles. The maximum Gasteiger partial charge on any atom is 0.125 e. The molecule has 1 saturated carbocycles. The first-order valence-corrected chi connectivity index (χ1v) is 7.70. The van der Waals surface area contributed by atoms with Crippen LogP contribution in [0.15, 0.2) is 30.5 Å². The van der Waals surface area contributed by atoms with E-state index in [0.29, 0.717) is 6.04 Å². The van der Waals surface area contributed by atoms with Gasteiger partial charge >= 0.3 is 0 Å². The van der Waals surface area contributed by atoms with Crippen LogP contribution in [0.4, 0.5) is 4.39 Å². The molecule has 0 bridgehead atoms. The number of hydrogen-bond donors (Lipinski definition) is 1. The number of nitrogens with one attached hydrogen (secondary N) is 1. The summed E-state index contributed by atoms with van der Waals surface area (Å²) in [5, 5.41) is 4.76. The maximum absolute atomic E-state index is 13.3. The molecule has 3 heteroatoms. The van der Waals surface area contributed by atoms with Gasteiger partial charge in [-0.25, -0.2) is 4.39 Å². The van der Waals surface area contributed by atoms with Crippen LogP contribution in [0, 0.1) is 11.7 Å². The van der Waals surface area contributed by atoms with Gasteiger partial charge in [-0.15, -0.1) is 0 Å². The molecule has 1 aromatic heterocycles. The fourth-order valence-electron chi connectivity index (χ4n) is 3.36. The molecule has 1 fully saturated rings. The molecule has 3 rings (SSSR count). The van der Waals surface area contributed by atoms with E-state index in [2.05, 4.69) is 29.1 Å². The second-order valence-corrected chi connectivity index (χ2v) is 6.14. The standard InChI is InChI=1S/C17H23FN2/c1-13-3-2-4-16(11-13)19-8-10-20-9-7-14-5-6-15(18)12-17(14)20/h5-7,9,12-13,16,19H,2-4,8,10-11H2,1H3. The van der Waals surface area contributed by atoms with Crippen LogP contribution in [0.1, 0.15) is 32.6 Å². The van der Waals surface area contributed by atoms with Gasteiger partial charge in [0.25, 0.3) is 0 Å². The van der Waals surface area contributed by atoms with Crippen LogP contribution >= 0.6 is 0 Å². The lowest BCUT2D eigenvalue weighted by atomic mass is 9.87. The highest BCUT2D eigenvalue weighted by Gasteiger charge is 2.17. The van der Waals surface area contributed by atoms with Crippen molar-refractivity contribution in [1.29, 1.82) is 0 Å². The van der Waals surface area contributed by atoms with Gasteiger partial charge in [-0.2, -0.15) is 0 Å². The molecule has 0 spiro atoms. The van der Waals surface area contributed by atoms with E-state index in [1.54, 1.807) is 6.07 Å². The zero-order valence-corrected chi connectivity index (χ0v) is 12.1. The average Bonchev–Trinajstić information content (AvgIpc) is 2.82. The quantitative estimate of drug-likeness (QED) is 0.893. The van der Waals surface area contributed by atoms with E-state index in [9.17, 15) is 4.39 Å². The number of halogens is 1. The van der Waals surface area contributed by atoms with Crippen molar-refractivity contribution in [1.82, 2.24) is 9.88 Å². The third-order valence-electron chi connectivity index (χ3n) is 4.46. The zero-order chi connectivity index (χ0) is 13.9. The molecule has 2 unspecified atom stereocenters. The molecule has 2 nitrogen and oxygen atoms in total. The van der Waals surface area contributed by atoms with Gasteiger partial charge in [-0.05, 0) is 48.4 Å². The summed E-state index contributed by atoms with van der Waals surface area (Å²) in [6, 6.07) is 7.71. The highest BCUT2D eigenvalue weighted by Crippen LogP contribution is 2.23. The Morgan fingerprint density at radius 2 is 2.20 bits per heavy atom. The maximum atomic E-state index is 13.3. The van der Waals surface area contributed by atoms with Gasteiger partial charge in [0, 0.05) is 25.3 Å². The largest absolute Gasteiger partial charge is 0.346 e. The van der Waals surface area contributed by atoms with Crippen LogP contribution in [0.2, 0.25) is 0 Å². The molecular formula is C17H23FN2. The first-order chi connectivity index (χ1) is 9.72. The molecule has 1 aliphatic carbocycles. The van der Waals surface area contributed by atoms with Crippen molar-refractivity contribution >= 4 is 10.9 Å². The summed E-state index contributed by atoms with van der Waals surface area (Å²) < 4.78 is 15.5. The van der Waals surface area contributed by atoms with E-state index < -0.39 is 0 Å². The first kappa shape index (κ1) is 13.6. The fraction of sp³-hybridized carbons (Fsp3) is 0.529. The van der Waals surface area contributed by atoms with Crippen LogP contribution in [-0.4, -0.2) is 17.2 Å². The summed E-state index contributed by atoms with van der Waals surface area (Å²) in [5.74, 6) is 0.689. The van der Waals surface area contributed by atoms with Crippen LogP contribution in [0.3, 0.4) is 0 Å². The highest BCUT2D eigenvalue weighted by molar-refractivity contribution is 5.80. The van der Waals surface area contributed by atoms with Gasteiger partial charge in [0.15, 0.2) is 0 Å². The molecule has 1 aromatic carbocycles. The summed E-state index contributed by atoms with van der Waals surface area (Å²) in [6.07, 6.45) is 7.36. The van der Waals surface area contributed by atoms with Crippen LogP contribution in [-0.2, 0) is 6.54 Å². The summed E-state index contributed by atoms with van der Waals surface area (Å²) in [4.78, 5) is 0. The van der Waals surface area contributed by atoms with Crippen molar-refractivity contribution in [2.24, 2.45) is 5.92 Å². The molecule has 2 aromatic rings. The monoisotopic (exact) mass is 274 g/mol. The van der Waals surface area contributed by atoms with Crippen molar-refractivity contribution in [3.8, 4) is 0 Å². The van der Waals surface area contributed by atoms with Crippen LogP contribution < -0.4 is 5.32 Å². The van der Waals surface area contributed by atoms with Gasteiger partial charge in [0.05, 0.1) is 5.52 Å². The molecule has 1 aliphatic rings. The highest BCUT2D eigenvalue weighted by atomic mass is 19.1. The van der Waals surface area contributed by atoms with Crippen molar-refractivity contribution < 1.29 is 4.39 Å². The molecule has 0 aliphatic heterocycles. The molecule has 20 heavy (non-hydrogen) atoms. The van der Waals surface area contributed by atoms with Gasteiger partial charge in [-0.1, -0.05) is 19.8 Å².